The molecule has 2 aromatic heterocycles. The molecule has 0 unspecified atom stereocenters. The zero-order valence-electron chi connectivity index (χ0n) is 21.1. The van der Waals surface area contributed by atoms with Gasteiger partial charge in [-0.1, -0.05) is 49.6 Å². The summed E-state index contributed by atoms with van der Waals surface area (Å²) in [6.45, 7) is 4.60. The van der Waals surface area contributed by atoms with E-state index in [9.17, 15) is 9.18 Å². The van der Waals surface area contributed by atoms with E-state index in [1.54, 1.807) is 6.07 Å². The van der Waals surface area contributed by atoms with Crippen LogP contribution >= 0.6 is 0 Å². The number of H-pyrrole nitrogens is 1. The molecule has 0 radical (unpaired) electrons. The molecule has 3 heterocycles. The van der Waals surface area contributed by atoms with E-state index in [1.165, 1.54) is 12.5 Å². The Kier molecular flexibility index (Phi) is 6.46. The van der Waals surface area contributed by atoms with Crippen molar-refractivity contribution >= 4 is 16.6 Å². The van der Waals surface area contributed by atoms with Crippen molar-refractivity contribution in [2.75, 3.05) is 31.1 Å². The van der Waals surface area contributed by atoms with E-state index in [0.717, 1.165) is 42.1 Å². The smallest absolute Gasteiger partial charge is 0.253 e. The second-order valence-corrected chi connectivity index (χ2v) is 10.2. The van der Waals surface area contributed by atoms with E-state index >= 15 is 0 Å². The van der Waals surface area contributed by atoms with Gasteiger partial charge in [-0.15, -0.1) is 5.10 Å². The Morgan fingerprint density at radius 3 is 2.57 bits per heavy atom. The molecule has 1 saturated heterocycles. The molecule has 0 bridgehead atoms. The summed E-state index contributed by atoms with van der Waals surface area (Å²) in [4.78, 5) is 21.0. The molecule has 1 saturated carbocycles. The number of aryl methyl sites for hydroxylation is 1. The molecule has 1 aliphatic carbocycles. The van der Waals surface area contributed by atoms with Gasteiger partial charge >= 0.3 is 0 Å². The lowest BCUT2D eigenvalue weighted by atomic mass is 9.95. The minimum atomic E-state index is -0.395. The number of aromatic nitrogens is 5. The number of nitrogens with zero attached hydrogens (tertiary/aromatic N) is 6. The van der Waals surface area contributed by atoms with E-state index in [0.29, 0.717) is 43.3 Å². The highest BCUT2D eigenvalue weighted by Crippen LogP contribution is 2.34. The third-order valence-corrected chi connectivity index (χ3v) is 7.97. The first-order valence-electron chi connectivity index (χ1n) is 13.2. The third kappa shape index (κ3) is 4.52. The summed E-state index contributed by atoms with van der Waals surface area (Å²) in [6.07, 6.45) is 5.63. The van der Waals surface area contributed by atoms with Crippen molar-refractivity contribution in [3.8, 4) is 0 Å². The molecular weight excluding hydrogens is 469 g/mol. The Morgan fingerprint density at radius 2 is 1.78 bits per heavy atom. The molecule has 192 valence electrons. The van der Waals surface area contributed by atoms with Crippen molar-refractivity contribution in [2.24, 2.45) is 0 Å². The van der Waals surface area contributed by atoms with Gasteiger partial charge in [0.25, 0.3) is 5.56 Å². The Hall–Kier alpha value is -3.59. The number of benzene rings is 2. The minimum absolute atomic E-state index is 0.124. The number of anilines is 1. The number of aromatic amines is 1. The molecule has 1 atom stereocenters. The molecule has 9 heteroatoms. The fraction of sp³-hybridized carbons (Fsp3) is 0.429. The standard InChI is InChI=1S/C28H32FN7O/c1-19-8-7-9-20-18-22(28(37)30-25(19)20)26(27-31-32-33-36(27)21-10-3-2-4-11-21)35-16-14-34(15-17-35)24-13-6-5-12-23(24)29/h5-9,12-13,18,21,26H,2-4,10-11,14-17H2,1H3,(H,30,37)/t26-/m0/s1. The number of tetrazole rings is 1. The van der Waals surface area contributed by atoms with Crippen molar-refractivity contribution < 1.29 is 4.39 Å². The molecule has 2 fully saturated rings. The van der Waals surface area contributed by atoms with E-state index in [2.05, 4.69) is 30.3 Å². The number of para-hydroxylation sites is 2. The largest absolute Gasteiger partial charge is 0.367 e. The fourth-order valence-electron chi connectivity index (χ4n) is 6.00. The second-order valence-electron chi connectivity index (χ2n) is 10.2. The number of fused-ring (bicyclic) bond motifs is 1. The maximum Gasteiger partial charge on any atom is 0.253 e. The number of hydrogen-bond donors (Lipinski definition) is 1. The highest BCUT2D eigenvalue weighted by atomic mass is 19.1. The number of pyridine rings is 1. The second kappa shape index (κ2) is 10.0. The summed E-state index contributed by atoms with van der Waals surface area (Å²) in [7, 11) is 0. The molecule has 8 nitrogen and oxygen atoms in total. The van der Waals surface area contributed by atoms with Crippen LogP contribution in [0.4, 0.5) is 10.1 Å². The predicted octanol–water partition coefficient (Wildman–Crippen LogP) is 4.38. The maximum absolute atomic E-state index is 14.5. The molecule has 1 aliphatic heterocycles. The molecular formula is C28H32FN7O. The Balaban J connectivity index is 1.40. The van der Waals surface area contributed by atoms with Gasteiger partial charge in [-0.2, -0.15) is 0 Å². The van der Waals surface area contributed by atoms with E-state index in [-0.39, 0.29) is 17.4 Å². The van der Waals surface area contributed by atoms with Crippen LogP contribution in [0.2, 0.25) is 0 Å². The predicted molar refractivity (Wildman–Crippen MR) is 141 cm³/mol. The summed E-state index contributed by atoms with van der Waals surface area (Å²) in [5, 5.41) is 14.0. The van der Waals surface area contributed by atoms with Crippen molar-refractivity contribution in [1.29, 1.82) is 0 Å². The summed E-state index contributed by atoms with van der Waals surface area (Å²) in [5.74, 6) is 0.499. The lowest BCUT2D eigenvalue weighted by molar-refractivity contribution is 0.192. The van der Waals surface area contributed by atoms with Crippen LogP contribution in [0.15, 0.2) is 53.3 Å². The lowest BCUT2D eigenvalue weighted by Crippen LogP contribution is -2.49. The fourth-order valence-corrected chi connectivity index (χ4v) is 6.00. The third-order valence-electron chi connectivity index (χ3n) is 7.97. The molecule has 6 rings (SSSR count). The van der Waals surface area contributed by atoms with Gasteiger partial charge < -0.3 is 9.88 Å². The number of nitrogens with one attached hydrogen (secondary N) is 1. The summed E-state index contributed by atoms with van der Waals surface area (Å²) >= 11 is 0. The zero-order chi connectivity index (χ0) is 25.4. The molecule has 0 spiro atoms. The zero-order valence-corrected chi connectivity index (χ0v) is 21.1. The molecule has 2 aromatic carbocycles. The highest BCUT2D eigenvalue weighted by molar-refractivity contribution is 5.82. The van der Waals surface area contributed by atoms with Gasteiger partial charge in [0.1, 0.15) is 11.9 Å². The van der Waals surface area contributed by atoms with Crippen molar-refractivity contribution in [1.82, 2.24) is 30.1 Å². The summed E-state index contributed by atoms with van der Waals surface area (Å²) in [5.41, 5.74) is 3.02. The van der Waals surface area contributed by atoms with Gasteiger partial charge in [0.05, 0.1) is 17.2 Å². The topological polar surface area (TPSA) is 82.9 Å². The Bertz CT molecular complexity index is 1450. The van der Waals surface area contributed by atoms with Crippen LogP contribution in [0.25, 0.3) is 10.9 Å². The summed E-state index contributed by atoms with van der Waals surface area (Å²) in [6, 6.07) is 14.8. The first-order valence-corrected chi connectivity index (χ1v) is 13.2. The van der Waals surface area contributed by atoms with E-state index in [1.807, 2.05) is 48.0 Å². The molecule has 37 heavy (non-hydrogen) atoms. The van der Waals surface area contributed by atoms with Crippen LogP contribution < -0.4 is 10.5 Å². The Morgan fingerprint density at radius 1 is 1.00 bits per heavy atom. The number of piperazine rings is 1. The van der Waals surface area contributed by atoms with Crippen molar-refractivity contribution in [3.63, 3.8) is 0 Å². The summed E-state index contributed by atoms with van der Waals surface area (Å²) < 4.78 is 16.4. The van der Waals surface area contributed by atoms with E-state index < -0.39 is 6.04 Å². The van der Waals surface area contributed by atoms with Crippen LogP contribution in [-0.2, 0) is 0 Å². The molecule has 1 N–H and O–H groups in total. The van der Waals surface area contributed by atoms with Crippen molar-refractivity contribution in [2.45, 2.75) is 51.1 Å². The molecule has 4 aromatic rings. The highest BCUT2D eigenvalue weighted by Gasteiger charge is 2.34. The molecule has 2 aliphatic rings. The van der Waals surface area contributed by atoms with Gasteiger partial charge in [0.15, 0.2) is 5.82 Å². The van der Waals surface area contributed by atoms with Gasteiger partial charge in [-0.05, 0) is 59.3 Å². The van der Waals surface area contributed by atoms with Crippen LogP contribution in [0.1, 0.15) is 61.1 Å². The van der Waals surface area contributed by atoms with Gasteiger partial charge in [-0.25, -0.2) is 9.07 Å². The lowest BCUT2D eigenvalue weighted by Gasteiger charge is -2.40. The minimum Gasteiger partial charge on any atom is -0.367 e. The van der Waals surface area contributed by atoms with Crippen molar-refractivity contribution in [3.05, 3.63) is 81.7 Å². The maximum atomic E-state index is 14.5. The van der Waals surface area contributed by atoms with Gasteiger partial charge in [0, 0.05) is 31.7 Å². The van der Waals surface area contributed by atoms with Crippen LogP contribution in [-0.4, -0.2) is 56.3 Å². The van der Waals surface area contributed by atoms with Gasteiger partial charge in [0.2, 0.25) is 0 Å². The Labute approximate surface area is 215 Å². The van der Waals surface area contributed by atoms with Gasteiger partial charge in [-0.3, -0.25) is 9.69 Å². The number of halogens is 1. The average Bonchev–Trinajstić information content (AvgIpc) is 3.41. The van der Waals surface area contributed by atoms with Crippen LogP contribution in [0.5, 0.6) is 0 Å². The SMILES string of the molecule is Cc1cccc2cc([C@@H](c3nnnn3C3CCCCC3)N3CCN(c4ccccc4F)CC3)c(=O)[nH]c12. The normalized spacial score (nSPS) is 18.4. The monoisotopic (exact) mass is 501 g/mol. The first kappa shape index (κ1) is 23.8. The average molecular weight is 502 g/mol. The van der Waals surface area contributed by atoms with E-state index in [4.69, 9.17) is 0 Å². The number of hydrogen-bond acceptors (Lipinski definition) is 6. The molecule has 0 amide bonds. The first-order chi connectivity index (χ1) is 18.1. The van der Waals surface area contributed by atoms with Crippen LogP contribution in [0.3, 0.4) is 0 Å². The quantitative estimate of drug-likeness (QED) is 0.437. The van der Waals surface area contributed by atoms with Crippen LogP contribution in [0, 0.1) is 12.7 Å². The number of rotatable bonds is 5.